The molecule has 3 nitrogen and oxygen atoms in total. The second kappa shape index (κ2) is 5.07. The lowest BCUT2D eigenvalue weighted by Gasteiger charge is -2.25. The zero-order chi connectivity index (χ0) is 11.5. The third-order valence-electron chi connectivity index (χ3n) is 3.58. The van der Waals surface area contributed by atoms with Crippen LogP contribution in [0.1, 0.15) is 17.5 Å². The summed E-state index contributed by atoms with van der Waals surface area (Å²) in [6.07, 6.45) is 3.43. The molecular weight excluding hydrogens is 212 g/mol. The van der Waals surface area contributed by atoms with Crippen LogP contribution in [0.4, 0.5) is 0 Å². The summed E-state index contributed by atoms with van der Waals surface area (Å²) in [4.78, 5) is 0. The van der Waals surface area contributed by atoms with Crippen LogP contribution in [0, 0.1) is 0 Å². The number of hydrogen-bond donors (Lipinski definition) is 2. The average Bonchev–Trinajstić information content (AvgIpc) is 2.40. The van der Waals surface area contributed by atoms with Crippen molar-refractivity contribution in [1.82, 2.24) is 10.6 Å². The normalized spacial score (nSPS) is 23.9. The van der Waals surface area contributed by atoms with Gasteiger partial charge in [-0.15, -0.1) is 0 Å². The van der Waals surface area contributed by atoms with E-state index in [-0.39, 0.29) is 0 Å². The molecule has 1 saturated heterocycles. The molecule has 0 spiro atoms. The molecule has 0 saturated carbocycles. The van der Waals surface area contributed by atoms with Crippen molar-refractivity contribution in [3.63, 3.8) is 0 Å². The smallest absolute Gasteiger partial charge is 0.122 e. The summed E-state index contributed by atoms with van der Waals surface area (Å²) in [5, 5.41) is 6.98. The first-order chi connectivity index (χ1) is 8.42. The van der Waals surface area contributed by atoms with Gasteiger partial charge in [-0.3, -0.25) is 0 Å². The Balaban J connectivity index is 1.70. The van der Waals surface area contributed by atoms with Gasteiger partial charge < -0.3 is 15.4 Å². The summed E-state index contributed by atoms with van der Waals surface area (Å²) < 4.78 is 5.64. The minimum Gasteiger partial charge on any atom is -0.493 e. The van der Waals surface area contributed by atoms with E-state index in [1.807, 2.05) is 0 Å². The number of ether oxygens (including phenoxy) is 1. The molecule has 2 N–H and O–H groups in total. The van der Waals surface area contributed by atoms with E-state index in [9.17, 15) is 0 Å². The molecule has 2 heterocycles. The quantitative estimate of drug-likeness (QED) is 0.801. The molecule has 1 unspecified atom stereocenters. The standard InChI is InChI=1S/C14H20N2O/c1-2-12-8-11(3-4-14(12)17-7-1)9-13-10-15-5-6-16-13/h3-4,8,13,15-16H,1-2,5-7,9-10H2. The number of nitrogens with one attached hydrogen (secondary N) is 2. The van der Waals surface area contributed by atoms with Crippen LogP contribution in [0.3, 0.4) is 0 Å². The Kier molecular flexibility index (Phi) is 3.29. The van der Waals surface area contributed by atoms with Crippen LogP contribution in [0.5, 0.6) is 5.75 Å². The zero-order valence-corrected chi connectivity index (χ0v) is 10.2. The molecule has 17 heavy (non-hydrogen) atoms. The molecule has 3 heteroatoms. The van der Waals surface area contributed by atoms with E-state index in [0.29, 0.717) is 6.04 Å². The summed E-state index contributed by atoms with van der Waals surface area (Å²) in [5.74, 6) is 1.09. The van der Waals surface area contributed by atoms with Crippen LogP contribution in [-0.4, -0.2) is 32.3 Å². The molecular formula is C14H20N2O. The lowest BCUT2D eigenvalue weighted by molar-refractivity contribution is 0.288. The summed E-state index contributed by atoms with van der Waals surface area (Å²) in [6, 6.07) is 7.25. The van der Waals surface area contributed by atoms with Gasteiger partial charge in [0.25, 0.3) is 0 Å². The van der Waals surface area contributed by atoms with Crippen molar-refractivity contribution in [1.29, 1.82) is 0 Å². The second-order valence-corrected chi connectivity index (χ2v) is 4.95. The Morgan fingerprint density at radius 2 is 2.29 bits per heavy atom. The molecule has 1 atom stereocenters. The van der Waals surface area contributed by atoms with Gasteiger partial charge in [-0.25, -0.2) is 0 Å². The van der Waals surface area contributed by atoms with E-state index >= 15 is 0 Å². The molecule has 2 aliphatic rings. The van der Waals surface area contributed by atoms with E-state index in [2.05, 4.69) is 28.8 Å². The highest BCUT2D eigenvalue weighted by Crippen LogP contribution is 2.25. The Labute approximate surface area is 103 Å². The molecule has 0 aliphatic carbocycles. The first-order valence-corrected chi connectivity index (χ1v) is 6.60. The van der Waals surface area contributed by atoms with E-state index in [0.717, 1.165) is 44.8 Å². The largest absolute Gasteiger partial charge is 0.493 e. The van der Waals surface area contributed by atoms with Crippen LogP contribution in [0.25, 0.3) is 0 Å². The molecule has 1 aromatic carbocycles. The lowest BCUT2D eigenvalue weighted by Crippen LogP contribution is -2.49. The third-order valence-corrected chi connectivity index (χ3v) is 3.58. The SMILES string of the molecule is c1cc2c(cc1CC1CNCCN1)CCCO2. The van der Waals surface area contributed by atoms with E-state index in [4.69, 9.17) is 4.74 Å². The van der Waals surface area contributed by atoms with Crippen LogP contribution in [0.2, 0.25) is 0 Å². The van der Waals surface area contributed by atoms with Crippen molar-refractivity contribution in [3.05, 3.63) is 29.3 Å². The van der Waals surface area contributed by atoms with Crippen molar-refractivity contribution >= 4 is 0 Å². The Morgan fingerprint density at radius 3 is 3.18 bits per heavy atom. The van der Waals surface area contributed by atoms with Crippen molar-refractivity contribution in [3.8, 4) is 5.75 Å². The van der Waals surface area contributed by atoms with E-state index in [1.165, 1.54) is 17.5 Å². The Morgan fingerprint density at radius 1 is 1.29 bits per heavy atom. The topological polar surface area (TPSA) is 33.3 Å². The van der Waals surface area contributed by atoms with Gasteiger partial charge in [-0.05, 0) is 36.5 Å². The number of piperazine rings is 1. The van der Waals surface area contributed by atoms with Crippen molar-refractivity contribution in [2.75, 3.05) is 26.2 Å². The predicted octanol–water partition coefficient (Wildman–Crippen LogP) is 1.12. The molecule has 1 aromatic rings. The summed E-state index contributed by atoms with van der Waals surface area (Å²) in [5.41, 5.74) is 2.81. The number of hydrogen-bond acceptors (Lipinski definition) is 3. The monoisotopic (exact) mass is 232 g/mol. The van der Waals surface area contributed by atoms with Crippen molar-refractivity contribution in [2.45, 2.75) is 25.3 Å². The van der Waals surface area contributed by atoms with Gasteiger partial charge in [0.15, 0.2) is 0 Å². The van der Waals surface area contributed by atoms with E-state index in [1.54, 1.807) is 0 Å². The lowest BCUT2D eigenvalue weighted by atomic mass is 9.99. The van der Waals surface area contributed by atoms with Gasteiger partial charge in [0.05, 0.1) is 6.61 Å². The molecule has 0 radical (unpaired) electrons. The minimum absolute atomic E-state index is 0.575. The zero-order valence-electron chi connectivity index (χ0n) is 10.2. The minimum atomic E-state index is 0.575. The fraction of sp³-hybridized carbons (Fsp3) is 0.571. The third kappa shape index (κ3) is 2.61. The predicted molar refractivity (Wildman–Crippen MR) is 68.6 cm³/mol. The van der Waals surface area contributed by atoms with Crippen LogP contribution < -0.4 is 15.4 Å². The summed E-state index contributed by atoms with van der Waals surface area (Å²) >= 11 is 0. The molecule has 92 valence electrons. The van der Waals surface area contributed by atoms with Crippen molar-refractivity contribution in [2.24, 2.45) is 0 Å². The average molecular weight is 232 g/mol. The van der Waals surface area contributed by atoms with Crippen LogP contribution >= 0.6 is 0 Å². The molecule has 0 amide bonds. The highest BCUT2D eigenvalue weighted by atomic mass is 16.5. The van der Waals surface area contributed by atoms with Crippen LogP contribution in [0.15, 0.2) is 18.2 Å². The van der Waals surface area contributed by atoms with Crippen LogP contribution in [-0.2, 0) is 12.8 Å². The van der Waals surface area contributed by atoms with E-state index < -0.39 is 0 Å². The highest BCUT2D eigenvalue weighted by molar-refractivity contribution is 5.38. The number of fused-ring (bicyclic) bond motifs is 1. The molecule has 2 aliphatic heterocycles. The Hall–Kier alpha value is -1.06. The van der Waals surface area contributed by atoms with Gasteiger partial charge in [-0.1, -0.05) is 12.1 Å². The molecule has 0 bridgehead atoms. The first kappa shape index (κ1) is 11.1. The van der Waals surface area contributed by atoms with Gasteiger partial charge in [0.1, 0.15) is 5.75 Å². The second-order valence-electron chi connectivity index (χ2n) is 4.95. The van der Waals surface area contributed by atoms with Gasteiger partial charge in [0, 0.05) is 25.7 Å². The molecule has 1 fully saturated rings. The number of aryl methyl sites for hydroxylation is 1. The first-order valence-electron chi connectivity index (χ1n) is 6.60. The van der Waals surface area contributed by atoms with Crippen molar-refractivity contribution < 1.29 is 4.74 Å². The highest BCUT2D eigenvalue weighted by Gasteiger charge is 2.15. The fourth-order valence-corrected chi connectivity index (χ4v) is 2.68. The number of benzene rings is 1. The maximum atomic E-state index is 5.64. The molecule has 3 rings (SSSR count). The summed E-state index contributed by atoms with van der Waals surface area (Å²) in [6.45, 7) is 4.13. The number of rotatable bonds is 2. The fourth-order valence-electron chi connectivity index (χ4n) is 2.68. The maximum absolute atomic E-state index is 5.64. The van der Waals surface area contributed by atoms with Gasteiger partial charge in [-0.2, -0.15) is 0 Å². The maximum Gasteiger partial charge on any atom is 0.122 e. The van der Waals surface area contributed by atoms with Gasteiger partial charge >= 0.3 is 0 Å². The van der Waals surface area contributed by atoms with Gasteiger partial charge in [0.2, 0.25) is 0 Å². The summed E-state index contributed by atoms with van der Waals surface area (Å²) in [7, 11) is 0. The Bertz CT molecular complexity index is 386. The molecule has 0 aromatic heterocycles.